The first-order valence-electron chi connectivity index (χ1n) is 8.63. The fraction of sp³-hybridized carbons (Fsp3) is 0.421. The van der Waals surface area contributed by atoms with Crippen molar-refractivity contribution in [3.63, 3.8) is 0 Å². The molecule has 1 saturated carbocycles. The van der Waals surface area contributed by atoms with E-state index < -0.39 is 0 Å². The van der Waals surface area contributed by atoms with Gasteiger partial charge in [0.2, 0.25) is 0 Å². The average Bonchev–Trinajstić information content (AvgIpc) is 2.68. The second-order valence-corrected chi connectivity index (χ2v) is 6.42. The van der Waals surface area contributed by atoms with Crippen molar-refractivity contribution in [3.8, 4) is 11.4 Å². The molecule has 1 aromatic heterocycles. The SMILES string of the molecule is O=C(c1cnc(-c2ccccc2)nc1)N1CCOC2CCCCC21. The van der Waals surface area contributed by atoms with Crippen LogP contribution in [0, 0.1) is 0 Å². The third-order valence-electron chi connectivity index (χ3n) is 4.92. The maximum absolute atomic E-state index is 12.9. The van der Waals surface area contributed by atoms with Gasteiger partial charge in [0.15, 0.2) is 5.82 Å². The molecule has 5 heteroatoms. The molecular weight excluding hydrogens is 302 g/mol. The lowest BCUT2D eigenvalue weighted by atomic mass is 9.90. The van der Waals surface area contributed by atoms with Gasteiger partial charge in [-0.25, -0.2) is 9.97 Å². The molecule has 2 heterocycles. The van der Waals surface area contributed by atoms with Gasteiger partial charge < -0.3 is 9.64 Å². The van der Waals surface area contributed by atoms with E-state index in [2.05, 4.69) is 9.97 Å². The van der Waals surface area contributed by atoms with Crippen LogP contribution >= 0.6 is 0 Å². The lowest BCUT2D eigenvalue weighted by Gasteiger charge is -2.43. The van der Waals surface area contributed by atoms with Crippen molar-refractivity contribution < 1.29 is 9.53 Å². The normalized spacial score (nSPS) is 23.6. The predicted octanol–water partition coefficient (Wildman–Crippen LogP) is 2.93. The Morgan fingerprint density at radius 3 is 2.62 bits per heavy atom. The van der Waals surface area contributed by atoms with Crippen molar-refractivity contribution in [3.05, 3.63) is 48.3 Å². The topological polar surface area (TPSA) is 55.3 Å². The second kappa shape index (κ2) is 6.69. The maximum atomic E-state index is 12.9. The van der Waals surface area contributed by atoms with E-state index in [0.717, 1.165) is 24.8 Å². The van der Waals surface area contributed by atoms with Crippen molar-refractivity contribution >= 4 is 5.91 Å². The minimum Gasteiger partial charge on any atom is -0.374 e. The highest BCUT2D eigenvalue weighted by atomic mass is 16.5. The Bertz CT molecular complexity index is 700. The van der Waals surface area contributed by atoms with Gasteiger partial charge >= 0.3 is 0 Å². The predicted molar refractivity (Wildman–Crippen MR) is 90.5 cm³/mol. The summed E-state index contributed by atoms with van der Waals surface area (Å²) < 4.78 is 5.85. The molecular formula is C19H21N3O2. The quantitative estimate of drug-likeness (QED) is 0.853. The van der Waals surface area contributed by atoms with E-state index in [1.54, 1.807) is 12.4 Å². The Kier molecular flexibility index (Phi) is 4.26. The van der Waals surface area contributed by atoms with E-state index in [9.17, 15) is 4.79 Å². The van der Waals surface area contributed by atoms with E-state index in [0.29, 0.717) is 24.5 Å². The molecule has 0 bridgehead atoms. The Hall–Kier alpha value is -2.27. The van der Waals surface area contributed by atoms with E-state index in [1.807, 2.05) is 35.2 Å². The zero-order chi connectivity index (χ0) is 16.4. The fourth-order valence-electron chi connectivity index (χ4n) is 3.69. The standard InChI is InChI=1S/C19H21N3O2/c23-19(22-10-11-24-17-9-5-4-8-16(17)22)15-12-20-18(21-13-15)14-6-2-1-3-7-14/h1-3,6-7,12-13,16-17H,4-5,8-11H2. The second-order valence-electron chi connectivity index (χ2n) is 6.42. The highest BCUT2D eigenvalue weighted by Crippen LogP contribution is 2.29. The molecule has 0 radical (unpaired) electrons. The number of amides is 1. The van der Waals surface area contributed by atoms with Gasteiger partial charge in [0.05, 0.1) is 24.3 Å². The van der Waals surface area contributed by atoms with Crippen LogP contribution in [0.1, 0.15) is 36.0 Å². The molecule has 2 aliphatic rings. The highest BCUT2D eigenvalue weighted by molar-refractivity contribution is 5.94. The number of carbonyl (C=O) groups is 1. The fourth-order valence-corrected chi connectivity index (χ4v) is 3.69. The van der Waals surface area contributed by atoms with Gasteiger partial charge in [-0.1, -0.05) is 43.2 Å². The Labute approximate surface area is 141 Å². The molecule has 2 aromatic rings. The van der Waals surface area contributed by atoms with Gasteiger partial charge in [-0.2, -0.15) is 0 Å². The van der Waals surface area contributed by atoms with Crippen LogP contribution in [0.5, 0.6) is 0 Å². The van der Waals surface area contributed by atoms with Gasteiger partial charge in [0.1, 0.15) is 0 Å². The summed E-state index contributed by atoms with van der Waals surface area (Å²) in [4.78, 5) is 23.6. The number of ether oxygens (including phenoxy) is 1. The summed E-state index contributed by atoms with van der Waals surface area (Å²) in [6.45, 7) is 1.27. The number of rotatable bonds is 2. The van der Waals surface area contributed by atoms with E-state index >= 15 is 0 Å². The molecule has 2 unspecified atom stereocenters. The van der Waals surface area contributed by atoms with Gasteiger partial charge in [-0.3, -0.25) is 4.79 Å². The molecule has 124 valence electrons. The molecule has 2 fully saturated rings. The van der Waals surface area contributed by atoms with Crippen molar-refractivity contribution in [1.29, 1.82) is 0 Å². The van der Waals surface area contributed by atoms with Crippen LogP contribution in [0.2, 0.25) is 0 Å². The number of carbonyl (C=O) groups excluding carboxylic acids is 1. The minimum absolute atomic E-state index is 0.0230. The number of morpholine rings is 1. The van der Waals surface area contributed by atoms with E-state index in [-0.39, 0.29) is 18.1 Å². The first-order valence-corrected chi connectivity index (χ1v) is 8.63. The smallest absolute Gasteiger partial charge is 0.257 e. The number of aromatic nitrogens is 2. The molecule has 1 aliphatic carbocycles. The summed E-state index contributed by atoms with van der Waals surface area (Å²) >= 11 is 0. The number of benzene rings is 1. The molecule has 0 spiro atoms. The van der Waals surface area contributed by atoms with Crippen LogP contribution in [0.3, 0.4) is 0 Å². The molecule has 1 aromatic carbocycles. The highest BCUT2D eigenvalue weighted by Gasteiger charge is 2.37. The largest absolute Gasteiger partial charge is 0.374 e. The number of fused-ring (bicyclic) bond motifs is 1. The molecule has 0 N–H and O–H groups in total. The summed E-state index contributed by atoms with van der Waals surface area (Å²) in [5, 5.41) is 0. The molecule has 4 rings (SSSR count). The maximum Gasteiger partial charge on any atom is 0.257 e. The Balaban J connectivity index is 1.53. The third kappa shape index (κ3) is 2.91. The summed E-state index contributed by atoms with van der Waals surface area (Å²) in [5.74, 6) is 0.666. The molecule has 1 saturated heterocycles. The van der Waals surface area contributed by atoms with Gasteiger partial charge in [0.25, 0.3) is 5.91 Å². The Morgan fingerprint density at radius 1 is 1.08 bits per heavy atom. The number of hydrogen-bond donors (Lipinski definition) is 0. The molecule has 5 nitrogen and oxygen atoms in total. The summed E-state index contributed by atoms with van der Waals surface area (Å²) in [6, 6.07) is 9.99. The number of hydrogen-bond acceptors (Lipinski definition) is 4. The minimum atomic E-state index is 0.0230. The summed E-state index contributed by atoms with van der Waals surface area (Å²) in [5.41, 5.74) is 1.51. The monoisotopic (exact) mass is 323 g/mol. The van der Waals surface area contributed by atoms with Crippen molar-refractivity contribution in [1.82, 2.24) is 14.9 Å². The van der Waals surface area contributed by atoms with Crippen molar-refractivity contribution in [2.75, 3.05) is 13.2 Å². The molecule has 1 aliphatic heterocycles. The Morgan fingerprint density at radius 2 is 1.83 bits per heavy atom. The molecule has 24 heavy (non-hydrogen) atoms. The van der Waals surface area contributed by atoms with Gasteiger partial charge in [0, 0.05) is 24.5 Å². The number of nitrogens with zero attached hydrogens (tertiary/aromatic N) is 3. The lowest BCUT2D eigenvalue weighted by Crippen LogP contribution is -2.54. The molecule has 1 amide bonds. The third-order valence-corrected chi connectivity index (χ3v) is 4.92. The van der Waals surface area contributed by atoms with Crippen LogP contribution in [0.25, 0.3) is 11.4 Å². The van der Waals surface area contributed by atoms with Crippen LogP contribution < -0.4 is 0 Å². The van der Waals surface area contributed by atoms with Crippen molar-refractivity contribution in [2.24, 2.45) is 0 Å². The van der Waals surface area contributed by atoms with E-state index in [1.165, 1.54) is 6.42 Å². The van der Waals surface area contributed by atoms with Crippen molar-refractivity contribution in [2.45, 2.75) is 37.8 Å². The van der Waals surface area contributed by atoms with Gasteiger partial charge in [-0.15, -0.1) is 0 Å². The first-order chi connectivity index (χ1) is 11.8. The van der Waals surface area contributed by atoms with Crippen LogP contribution in [0.15, 0.2) is 42.7 Å². The first kappa shape index (κ1) is 15.3. The van der Waals surface area contributed by atoms with Gasteiger partial charge in [-0.05, 0) is 12.8 Å². The summed E-state index contributed by atoms with van der Waals surface area (Å²) in [6.07, 6.45) is 7.92. The van der Waals surface area contributed by atoms with Crippen LogP contribution in [0.4, 0.5) is 0 Å². The summed E-state index contributed by atoms with van der Waals surface area (Å²) in [7, 11) is 0. The van der Waals surface area contributed by atoms with Crippen LogP contribution in [-0.2, 0) is 4.74 Å². The molecule has 2 atom stereocenters. The van der Waals surface area contributed by atoms with Crippen LogP contribution in [-0.4, -0.2) is 46.1 Å². The lowest BCUT2D eigenvalue weighted by molar-refractivity contribution is -0.0753. The zero-order valence-electron chi connectivity index (χ0n) is 13.6. The average molecular weight is 323 g/mol. The zero-order valence-corrected chi connectivity index (χ0v) is 13.6. The van der Waals surface area contributed by atoms with E-state index in [4.69, 9.17) is 4.74 Å².